The maximum Gasteiger partial charge on any atom is 0.306 e. The van der Waals surface area contributed by atoms with Crippen LogP contribution in [0.25, 0.3) is 0 Å². The normalized spacial score (nSPS) is 12.2. The van der Waals surface area contributed by atoms with Crippen molar-refractivity contribution in [1.82, 2.24) is 0 Å². The van der Waals surface area contributed by atoms with Crippen LogP contribution in [0.2, 0.25) is 0 Å². The highest BCUT2D eigenvalue weighted by molar-refractivity contribution is 5.71. The molecule has 0 saturated heterocycles. The van der Waals surface area contributed by atoms with Crippen molar-refractivity contribution in [3.63, 3.8) is 0 Å². The van der Waals surface area contributed by atoms with Crippen molar-refractivity contribution in [2.45, 2.75) is 277 Å². The summed E-state index contributed by atoms with van der Waals surface area (Å²) in [5, 5.41) is 0. The second kappa shape index (κ2) is 49.3. The highest BCUT2D eigenvalue weighted by atomic mass is 16.6. The maximum atomic E-state index is 12.8. The summed E-state index contributed by atoms with van der Waals surface area (Å²) in [5.74, 6) is -0.879. The standard InChI is InChI=1S/C54H98O6/c1-4-7-10-13-16-19-22-24-25-26-27-28-29-30-33-36-39-42-45-48-54(57)60-51(49-58-52(55)46-43-40-37-34-31-21-18-15-12-9-6-3)50-59-53(56)47-44-41-38-35-32-23-20-17-14-11-8-5-2/h15-16,18-19,24-25,51H,4-14,17,20-23,26-50H2,1-3H3/b18-15-,19-16-,25-24-/t51-/m1/s1. The molecule has 0 aromatic heterocycles. The lowest BCUT2D eigenvalue weighted by molar-refractivity contribution is -0.167. The van der Waals surface area contributed by atoms with Crippen LogP contribution in [0.4, 0.5) is 0 Å². The Morgan fingerprint density at radius 1 is 0.333 bits per heavy atom. The molecule has 0 bridgehead atoms. The molecule has 60 heavy (non-hydrogen) atoms. The quantitative estimate of drug-likeness (QED) is 0.0263. The smallest absolute Gasteiger partial charge is 0.306 e. The van der Waals surface area contributed by atoms with E-state index in [0.29, 0.717) is 19.3 Å². The van der Waals surface area contributed by atoms with E-state index in [0.717, 1.165) is 70.6 Å². The van der Waals surface area contributed by atoms with E-state index in [1.807, 2.05) is 0 Å². The number of esters is 3. The van der Waals surface area contributed by atoms with Gasteiger partial charge in [-0.25, -0.2) is 0 Å². The fraction of sp³-hybridized carbons (Fsp3) is 0.833. The van der Waals surface area contributed by atoms with Crippen LogP contribution in [-0.4, -0.2) is 37.2 Å². The van der Waals surface area contributed by atoms with Crippen LogP contribution >= 0.6 is 0 Å². The van der Waals surface area contributed by atoms with Gasteiger partial charge in [-0.1, -0.05) is 218 Å². The summed E-state index contributed by atoms with van der Waals surface area (Å²) < 4.78 is 16.8. The molecule has 0 aliphatic heterocycles. The molecule has 0 unspecified atom stereocenters. The van der Waals surface area contributed by atoms with Crippen LogP contribution in [0.3, 0.4) is 0 Å². The van der Waals surface area contributed by atoms with Crippen molar-refractivity contribution in [2.75, 3.05) is 13.2 Å². The largest absolute Gasteiger partial charge is 0.462 e. The van der Waals surface area contributed by atoms with E-state index in [1.54, 1.807) is 0 Å². The van der Waals surface area contributed by atoms with E-state index in [-0.39, 0.29) is 31.1 Å². The molecule has 0 N–H and O–H groups in total. The molecule has 1 atom stereocenters. The summed E-state index contributed by atoms with van der Waals surface area (Å²) in [4.78, 5) is 37.9. The molecular weight excluding hydrogens is 745 g/mol. The van der Waals surface area contributed by atoms with Crippen LogP contribution in [0, 0.1) is 0 Å². The summed E-state index contributed by atoms with van der Waals surface area (Å²) >= 11 is 0. The summed E-state index contributed by atoms with van der Waals surface area (Å²) in [5.41, 5.74) is 0. The Bertz CT molecular complexity index is 1020. The second-order valence-corrected chi connectivity index (χ2v) is 17.4. The van der Waals surface area contributed by atoms with E-state index < -0.39 is 6.10 Å². The summed E-state index contributed by atoms with van der Waals surface area (Å²) in [6.45, 7) is 6.58. The number of allylic oxidation sites excluding steroid dienone is 6. The van der Waals surface area contributed by atoms with Crippen LogP contribution < -0.4 is 0 Å². The minimum absolute atomic E-state index is 0.0736. The van der Waals surface area contributed by atoms with E-state index in [1.165, 1.54) is 161 Å². The summed E-state index contributed by atoms with van der Waals surface area (Å²) in [6, 6.07) is 0. The first-order valence-corrected chi connectivity index (χ1v) is 26.0. The van der Waals surface area contributed by atoms with Gasteiger partial charge in [-0.3, -0.25) is 14.4 Å². The van der Waals surface area contributed by atoms with Gasteiger partial charge in [0.15, 0.2) is 6.10 Å². The molecule has 0 spiro atoms. The van der Waals surface area contributed by atoms with E-state index >= 15 is 0 Å². The van der Waals surface area contributed by atoms with Crippen molar-refractivity contribution < 1.29 is 28.6 Å². The van der Waals surface area contributed by atoms with Gasteiger partial charge in [0.05, 0.1) is 0 Å². The van der Waals surface area contributed by atoms with Crippen molar-refractivity contribution in [1.29, 1.82) is 0 Å². The predicted molar refractivity (Wildman–Crippen MR) is 256 cm³/mol. The number of hydrogen-bond acceptors (Lipinski definition) is 6. The van der Waals surface area contributed by atoms with Gasteiger partial charge in [-0.2, -0.15) is 0 Å². The van der Waals surface area contributed by atoms with Gasteiger partial charge in [-0.05, 0) is 70.6 Å². The van der Waals surface area contributed by atoms with Crippen LogP contribution in [-0.2, 0) is 28.6 Å². The topological polar surface area (TPSA) is 78.9 Å². The Hall–Kier alpha value is -2.37. The first-order chi connectivity index (χ1) is 29.5. The zero-order valence-electron chi connectivity index (χ0n) is 40.0. The first kappa shape index (κ1) is 57.6. The van der Waals surface area contributed by atoms with E-state index in [9.17, 15) is 14.4 Å². The Morgan fingerprint density at radius 3 is 1.02 bits per heavy atom. The first-order valence-electron chi connectivity index (χ1n) is 26.0. The zero-order chi connectivity index (χ0) is 43.7. The van der Waals surface area contributed by atoms with Gasteiger partial charge in [0.1, 0.15) is 13.2 Å². The van der Waals surface area contributed by atoms with Gasteiger partial charge in [0.25, 0.3) is 0 Å². The van der Waals surface area contributed by atoms with Crippen LogP contribution in [0.1, 0.15) is 271 Å². The third-order valence-corrected chi connectivity index (χ3v) is 11.4. The third-order valence-electron chi connectivity index (χ3n) is 11.4. The molecule has 0 saturated carbocycles. The lowest BCUT2D eigenvalue weighted by Gasteiger charge is -2.18. The minimum atomic E-state index is -0.773. The molecule has 0 aliphatic rings. The molecule has 6 heteroatoms. The molecule has 6 nitrogen and oxygen atoms in total. The van der Waals surface area contributed by atoms with Gasteiger partial charge in [0.2, 0.25) is 0 Å². The maximum absolute atomic E-state index is 12.8. The Kier molecular flexibility index (Phi) is 47.3. The van der Waals surface area contributed by atoms with Crippen molar-refractivity contribution >= 4 is 17.9 Å². The number of unbranched alkanes of at least 4 members (excludes halogenated alkanes) is 30. The molecule has 0 aromatic rings. The van der Waals surface area contributed by atoms with Crippen LogP contribution in [0.15, 0.2) is 36.5 Å². The van der Waals surface area contributed by atoms with Gasteiger partial charge in [-0.15, -0.1) is 0 Å². The third kappa shape index (κ3) is 46.7. The predicted octanol–water partition coefficient (Wildman–Crippen LogP) is 16.9. The van der Waals surface area contributed by atoms with E-state index in [2.05, 4.69) is 57.2 Å². The van der Waals surface area contributed by atoms with Crippen molar-refractivity contribution in [2.24, 2.45) is 0 Å². The molecule has 0 aromatic carbocycles. The fourth-order valence-electron chi connectivity index (χ4n) is 7.39. The molecule has 0 aliphatic carbocycles. The van der Waals surface area contributed by atoms with Gasteiger partial charge < -0.3 is 14.2 Å². The highest BCUT2D eigenvalue weighted by Gasteiger charge is 2.19. The molecule has 0 amide bonds. The number of ether oxygens (including phenoxy) is 3. The number of carbonyl (C=O) groups is 3. The lowest BCUT2D eigenvalue weighted by Crippen LogP contribution is -2.30. The monoisotopic (exact) mass is 843 g/mol. The average molecular weight is 843 g/mol. The number of carbonyl (C=O) groups excluding carboxylic acids is 3. The zero-order valence-corrected chi connectivity index (χ0v) is 40.0. The van der Waals surface area contributed by atoms with Crippen molar-refractivity contribution in [3.8, 4) is 0 Å². The molecule has 0 fully saturated rings. The Labute approximate surface area is 372 Å². The SMILES string of the molecule is CCCC/C=C\CCCCCCCC(=O)OC[C@H](COC(=O)CCCCCCCCCCCCCC)OC(=O)CCCCCCCCCCC/C=C\C/C=C\CCCCC. The summed E-state index contributed by atoms with van der Waals surface area (Å²) in [7, 11) is 0. The van der Waals surface area contributed by atoms with Gasteiger partial charge in [0, 0.05) is 19.3 Å². The molecule has 0 radical (unpaired) electrons. The van der Waals surface area contributed by atoms with E-state index in [4.69, 9.17) is 14.2 Å². The second-order valence-electron chi connectivity index (χ2n) is 17.4. The molecule has 0 heterocycles. The van der Waals surface area contributed by atoms with Crippen LogP contribution in [0.5, 0.6) is 0 Å². The van der Waals surface area contributed by atoms with Crippen molar-refractivity contribution in [3.05, 3.63) is 36.5 Å². The molecule has 350 valence electrons. The average Bonchev–Trinajstić information content (AvgIpc) is 3.24. The number of hydrogen-bond donors (Lipinski definition) is 0. The fourth-order valence-corrected chi connectivity index (χ4v) is 7.39. The number of rotatable bonds is 47. The summed E-state index contributed by atoms with van der Waals surface area (Å²) in [6.07, 6.45) is 57.0. The highest BCUT2D eigenvalue weighted by Crippen LogP contribution is 2.15. The minimum Gasteiger partial charge on any atom is -0.462 e. The Balaban J connectivity index is 4.32. The van der Waals surface area contributed by atoms with Gasteiger partial charge >= 0.3 is 17.9 Å². The lowest BCUT2D eigenvalue weighted by atomic mass is 10.0. The Morgan fingerprint density at radius 2 is 0.617 bits per heavy atom. The molecular formula is C54H98O6. The molecule has 0 rings (SSSR count).